The number of ether oxygens (including phenoxy) is 1. The number of nitrogens with zero attached hydrogens (tertiary/aromatic N) is 1. The predicted molar refractivity (Wildman–Crippen MR) is 82.6 cm³/mol. The van der Waals surface area contributed by atoms with Crippen LogP contribution < -0.4 is 10.1 Å². The fourth-order valence-corrected chi connectivity index (χ4v) is 1.87. The van der Waals surface area contributed by atoms with Gasteiger partial charge in [0.05, 0.1) is 11.6 Å². The van der Waals surface area contributed by atoms with Gasteiger partial charge in [0.1, 0.15) is 12.4 Å². The van der Waals surface area contributed by atoms with Crippen LogP contribution in [-0.4, -0.2) is 23.5 Å². The Labute approximate surface area is 125 Å². The number of aromatic nitrogens is 1. The molecule has 4 heteroatoms. The van der Waals surface area contributed by atoms with Crippen LogP contribution in [0.2, 0.25) is 0 Å². The minimum Gasteiger partial charge on any atom is -0.491 e. The van der Waals surface area contributed by atoms with Gasteiger partial charge in [-0.3, -0.25) is 9.78 Å². The van der Waals surface area contributed by atoms with E-state index >= 15 is 0 Å². The van der Waals surface area contributed by atoms with Crippen LogP contribution in [-0.2, 0) is 0 Å². The van der Waals surface area contributed by atoms with E-state index in [0.29, 0.717) is 12.2 Å². The van der Waals surface area contributed by atoms with Crippen molar-refractivity contribution in [2.75, 3.05) is 6.61 Å². The molecule has 1 amide bonds. The second-order valence-electron chi connectivity index (χ2n) is 5.17. The zero-order valence-electron chi connectivity index (χ0n) is 12.6. The van der Waals surface area contributed by atoms with Crippen LogP contribution in [0, 0.1) is 13.8 Å². The van der Waals surface area contributed by atoms with Gasteiger partial charge in [-0.1, -0.05) is 6.07 Å². The first-order chi connectivity index (χ1) is 10.1. The molecule has 4 nitrogen and oxygen atoms in total. The lowest BCUT2D eigenvalue weighted by Crippen LogP contribution is -2.36. The maximum absolute atomic E-state index is 12.0. The van der Waals surface area contributed by atoms with Crippen LogP contribution >= 0.6 is 0 Å². The molecular formula is C17H20N2O2. The van der Waals surface area contributed by atoms with Crippen molar-refractivity contribution in [3.63, 3.8) is 0 Å². The Hall–Kier alpha value is -2.36. The first-order valence-corrected chi connectivity index (χ1v) is 6.97. The van der Waals surface area contributed by atoms with E-state index < -0.39 is 0 Å². The summed E-state index contributed by atoms with van der Waals surface area (Å²) in [6, 6.07) is 9.37. The number of hydrogen-bond acceptors (Lipinski definition) is 3. The molecule has 1 heterocycles. The van der Waals surface area contributed by atoms with Crippen molar-refractivity contribution in [3.05, 3.63) is 59.4 Å². The van der Waals surface area contributed by atoms with Gasteiger partial charge in [-0.05, 0) is 56.2 Å². The maximum Gasteiger partial charge on any atom is 0.253 e. The standard InChI is InChI=1S/C17H20N2O2/c1-12-6-7-16(9-13(12)2)21-11-14(3)19-17(20)15-5-4-8-18-10-15/h4-10,14H,11H2,1-3H3,(H,19,20). The normalized spacial score (nSPS) is 11.8. The van der Waals surface area contributed by atoms with Crippen molar-refractivity contribution in [1.82, 2.24) is 10.3 Å². The highest BCUT2D eigenvalue weighted by atomic mass is 16.5. The lowest BCUT2D eigenvalue weighted by Gasteiger charge is -2.15. The number of carbonyl (C=O) groups is 1. The van der Waals surface area contributed by atoms with Crippen molar-refractivity contribution in [1.29, 1.82) is 0 Å². The fourth-order valence-electron chi connectivity index (χ4n) is 1.87. The molecule has 1 N–H and O–H groups in total. The van der Waals surface area contributed by atoms with E-state index in [4.69, 9.17) is 4.74 Å². The monoisotopic (exact) mass is 284 g/mol. The molecule has 2 rings (SSSR count). The summed E-state index contributed by atoms with van der Waals surface area (Å²) in [4.78, 5) is 15.9. The molecule has 0 radical (unpaired) electrons. The average molecular weight is 284 g/mol. The molecule has 1 aromatic carbocycles. The number of nitrogens with one attached hydrogen (secondary N) is 1. The Bertz CT molecular complexity index is 611. The number of pyridine rings is 1. The van der Waals surface area contributed by atoms with Gasteiger partial charge in [-0.15, -0.1) is 0 Å². The molecule has 110 valence electrons. The minimum atomic E-state index is -0.140. The van der Waals surface area contributed by atoms with Crippen LogP contribution in [0.1, 0.15) is 28.4 Å². The molecule has 0 saturated carbocycles. The number of rotatable bonds is 5. The second kappa shape index (κ2) is 6.88. The summed E-state index contributed by atoms with van der Waals surface area (Å²) in [5.41, 5.74) is 2.98. The van der Waals surface area contributed by atoms with E-state index in [1.165, 1.54) is 11.1 Å². The summed E-state index contributed by atoms with van der Waals surface area (Å²) in [6.07, 6.45) is 3.19. The summed E-state index contributed by atoms with van der Waals surface area (Å²) in [7, 11) is 0. The highest BCUT2D eigenvalue weighted by Gasteiger charge is 2.10. The van der Waals surface area contributed by atoms with Crippen LogP contribution in [0.25, 0.3) is 0 Å². The Morgan fingerprint density at radius 2 is 2.10 bits per heavy atom. The summed E-state index contributed by atoms with van der Waals surface area (Å²) in [5.74, 6) is 0.680. The molecular weight excluding hydrogens is 264 g/mol. The van der Waals surface area contributed by atoms with Gasteiger partial charge in [-0.2, -0.15) is 0 Å². The highest BCUT2D eigenvalue weighted by Crippen LogP contribution is 2.16. The zero-order chi connectivity index (χ0) is 15.2. The fraction of sp³-hybridized carbons (Fsp3) is 0.294. The first kappa shape index (κ1) is 15.0. The molecule has 0 aliphatic rings. The third kappa shape index (κ3) is 4.31. The van der Waals surface area contributed by atoms with Crippen molar-refractivity contribution < 1.29 is 9.53 Å². The number of aryl methyl sites for hydroxylation is 2. The van der Waals surface area contributed by atoms with Crippen LogP contribution in [0.15, 0.2) is 42.7 Å². The Kier molecular flexibility index (Phi) is 4.93. The average Bonchev–Trinajstić information content (AvgIpc) is 2.49. The van der Waals surface area contributed by atoms with E-state index in [2.05, 4.69) is 24.1 Å². The third-order valence-corrected chi connectivity index (χ3v) is 3.28. The van der Waals surface area contributed by atoms with Gasteiger partial charge in [0, 0.05) is 12.4 Å². The van der Waals surface area contributed by atoms with Gasteiger partial charge < -0.3 is 10.1 Å². The molecule has 0 bridgehead atoms. The first-order valence-electron chi connectivity index (χ1n) is 6.97. The molecule has 1 aromatic heterocycles. The predicted octanol–water partition coefficient (Wildman–Crippen LogP) is 2.90. The van der Waals surface area contributed by atoms with Crippen molar-refractivity contribution in [2.45, 2.75) is 26.8 Å². The van der Waals surface area contributed by atoms with Crippen molar-refractivity contribution in [2.24, 2.45) is 0 Å². The summed E-state index contributed by atoms with van der Waals surface area (Å²) < 4.78 is 5.71. The van der Waals surface area contributed by atoms with Crippen molar-refractivity contribution >= 4 is 5.91 Å². The van der Waals surface area contributed by atoms with E-state index in [0.717, 1.165) is 5.75 Å². The molecule has 1 atom stereocenters. The number of hydrogen-bond donors (Lipinski definition) is 1. The lowest BCUT2D eigenvalue weighted by molar-refractivity contribution is 0.0926. The molecule has 0 saturated heterocycles. The molecule has 0 spiro atoms. The smallest absolute Gasteiger partial charge is 0.253 e. The quantitative estimate of drug-likeness (QED) is 0.918. The van der Waals surface area contributed by atoms with Gasteiger partial charge >= 0.3 is 0 Å². The molecule has 1 unspecified atom stereocenters. The molecule has 2 aromatic rings. The number of amides is 1. The minimum absolute atomic E-state index is 0.0840. The van der Waals surface area contributed by atoms with Gasteiger partial charge in [0.2, 0.25) is 0 Å². The summed E-state index contributed by atoms with van der Waals surface area (Å²) >= 11 is 0. The Morgan fingerprint density at radius 3 is 2.76 bits per heavy atom. The molecule has 0 fully saturated rings. The van der Waals surface area contributed by atoms with Crippen LogP contribution in [0.3, 0.4) is 0 Å². The Balaban J connectivity index is 1.86. The molecule has 0 aliphatic heterocycles. The topological polar surface area (TPSA) is 51.2 Å². The largest absolute Gasteiger partial charge is 0.491 e. The van der Waals surface area contributed by atoms with E-state index in [1.54, 1.807) is 24.5 Å². The van der Waals surface area contributed by atoms with E-state index in [1.807, 2.05) is 25.1 Å². The van der Waals surface area contributed by atoms with Crippen LogP contribution in [0.4, 0.5) is 0 Å². The summed E-state index contributed by atoms with van der Waals surface area (Å²) in [5, 5.41) is 2.89. The second-order valence-corrected chi connectivity index (χ2v) is 5.17. The Morgan fingerprint density at radius 1 is 1.29 bits per heavy atom. The maximum atomic E-state index is 12.0. The van der Waals surface area contributed by atoms with E-state index in [9.17, 15) is 4.79 Å². The SMILES string of the molecule is Cc1ccc(OCC(C)NC(=O)c2cccnc2)cc1C. The van der Waals surface area contributed by atoms with Gasteiger partial charge in [0.15, 0.2) is 0 Å². The van der Waals surface area contributed by atoms with E-state index in [-0.39, 0.29) is 11.9 Å². The highest BCUT2D eigenvalue weighted by molar-refractivity contribution is 5.93. The third-order valence-electron chi connectivity index (χ3n) is 3.28. The number of carbonyl (C=O) groups excluding carboxylic acids is 1. The zero-order valence-corrected chi connectivity index (χ0v) is 12.6. The number of benzene rings is 1. The lowest BCUT2D eigenvalue weighted by atomic mass is 10.1. The molecule has 0 aliphatic carbocycles. The van der Waals surface area contributed by atoms with Crippen molar-refractivity contribution in [3.8, 4) is 5.75 Å². The van der Waals surface area contributed by atoms with Gasteiger partial charge in [-0.25, -0.2) is 0 Å². The summed E-state index contributed by atoms with van der Waals surface area (Å²) in [6.45, 7) is 6.45. The molecule has 21 heavy (non-hydrogen) atoms. The van der Waals surface area contributed by atoms with Gasteiger partial charge in [0.25, 0.3) is 5.91 Å². The van der Waals surface area contributed by atoms with Crippen LogP contribution in [0.5, 0.6) is 5.75 Å².